The fraction of sp³-hybridized carbons (Fsp3) is 0.417. The highest BCUT2D eigenvalue weighted by molar-refractivity contribution is 14.1. The van der Waals surface area contributed by atoms with Gasteiger partial charge in [-0.1, -0.05) is 19.9 Å². The van der Waals surface area contributed by atoms with Crippen LogP contribution in [0.25, 0.3) is 0 Å². The minimum absolute atomic E-state index is 0.00624. The summed E-state index contributed by atoms with van der Waals surface area (Å²) in [6.45, 7) is 4.60. The van der Waals surface area contributed by atoms with Gasteiger partial charge in [0.2, 0.25) is 0 Å². The Bertz CT molecular complexity index is 366. The molecule has 16 heavy (non-hydrogen) atoms. The maximum Gasteiger partial charge on any atom is 0.251 e. The summed E-state index contributed by atoms with van der Waals surface area (Å²) in [5, 5.41) is 2.84. The Morgan fingerprint density at radius 2 is 2.19 bits per heavy atom. The highest BCUT2D eigenvalue weighted by atomic mass is 127. The topological polar surface area (TPSA) is 55.1 Å². The van der Waals surface area contributed by atoms with E-state index in [0.29, 0.717) is 18.0 Å². The normalized spacial score (nSPS) is 12.6. The Balaban J connectivity index is 2.53. The molecule has 0 aliphatic heterocycles. The van der Waals surface area contributed by atoms with Crippen molar-refractivity contribution in [2.75, 3.05) is 6.54 Å². The smallest absolute Gasteiger partial charge is 0.251 e. The molecule has 0 aliphatic rings. The molecule has 1 atom stereocenters. The van der Waals surface area contributed by atoms with Crippen molar-refractivity contribution in [3.05, 3.63) is 33.4 Å². The van der Waals surface area contributed by atoms with Gasteiger partial charge < -0.3 is 11.1 Å². The third-order valence-electron chi connectivity index (χ3n) is 2.44. The zero-order valence-corrected chi connectivity index (χ0v) is 11.7. The van der Waals surface area contributed by atoms with Crippen LogP contribution < -0.4 is 11.1 Å². The minimum atomic E-state index is -0.0605. The third kappa shape index (κ3) is 4.09. The molecule has 1 amide bonds. The van der Waals surface area contributed by atoms with E-state index in [2.05, 4.69) is 27.9 Å². The van der Waals surface area contributed by atoms with E-state index in [1.165, 1.54) is 0 Å². The molecule has 0 heterocycles. The summed E-state index contributed by atoms with van der Waals surface area (Å²) < 4.78 is 1.05. The summed E-state index contributed by atoms with van der Waals surface area (Å²) in [5.41, 5.74) is 6.54. The molecule has 1 unspecified atom stereocenters. The Hall–Kier alpha value is -0.620. The average molecular weight is 332 g/mol. The van der Waals surface area contributed by atoms with Crippen molar-refractivity contribution < 1.29 is 4.79 Å². The third-order valence-corrected chi connectivity index (χ3v) is 3.11. The first-order valence-electron chi connectivity index (χ1n) is 5.30. The van der Waals surface area contributed by atoms with E-state index < -0.39 is 0 Å². The lowest BCUT2D eigenvalue weighted by molar-refractivity contribution is 0.0949. The van der Waals surface area contributed by atoms with Gasteiger partial charge in [0.15, 0.2) is 0 Å². The lowest BCUT2D eigenvalue weighted by Gasteiger charge is -2.16. The lowest BCUT2D eigenvalue weighted by atomic mass is 10.1. The van der Waals surface area contributed by atoms with Gasteiger partial charge in [-0.05, 0) is 46.7 Å². The summed E-state index contributed by atoms with van der Waals surface area (Å²) in [5.74, 6) is 0.311. The minimum Gasteiger partial charge on any atom is -0.350 e. The number of rotatable bonds is 4. The van der Waals surface area contributed by atoms with Gasteiger partial charge in [-0.15, -0.1) is 0 Å². The molecule has 0 saturated heterocycles. The van der Waals surface area contributed by atoms with Crippen LogP contribution in [-0.2, 0) is 0 Å². The number of carbonyl (C=O) groups is 1. The van der Waals surface area contributed by atoms with Crippen LogP contribution in [0.1, 0.15) is 24.2 Å². The molecule has 0 fully saturated rings. The molecule has 0 bridgehead atoms. The molecule has 1 aromatic carbocycles. The van der Waals surface area contributed by atoms with E-state index in [-0.39, 0.29) is 11.9 Å². The van der Waals surface area contributed by atoms with Crippen molar-refractivity contribution in [1.82, 2.24) is 5.32 Å². The van der Waals surface area contributed by atoms with Gasteiger partial charge in [0.1, 0.15) is 0 Å². The van der Waals surface area contributed by atoms with Crippen LogP contribution in [0.15, 0.2) is 24.3 Å². The van der Waals surface area contributed by atoms with E-state index in [1.807, 2.05) is 32.0 Å². The summed E-state index contributed by atoms with van der Waals surface area (Å²) in [6.07, 6.45) is 0. The number of nitrogens with one attached hydrogen (secondary N) is 1. The quantitative estimate of drug-likeness (QED) is 0.829. The molecule has 1 aromatic rings. The molecule has 3 nitrogen and oxygen atoms in total. The molecular weight excluding hydrogens is 315 g/mol. The van der Waals surface area contributed by atoms with Crippen molar-refractivity contribution in [3.8, 4) is 0 Å². The van der Waals surface area contributed by atoms with Gasteiger partial charge in [0.25, 0.3) is 5.91 Å². The second-order valence-corrected chi connectivity index (χ2v) is 5.37. The van der Waals surface area contributed by atoms with Crippen molar-refractivity contribution in [1.29, 1.82) is 0 Å². The Morgan fingerprint density at radius 1 is 1.50 bits per heavy atom. The average Bonchev–Trinajstić information content (AvgIpc) is 2.25. The molecule has 0 radical (unpaired) electrons. The van der Waals surface area contributed by atoms with E-state index in [4.69, 9.17) is 5.73 Å². The molecule has 0 spiro atoms. The monoisotopic (exact) mass is 332 g/mol. The fourth-order valence-corrected chi connectivity index (χ4v) is 1.72. The van der Waals surface area contributed by atoms with Crippen LogP contribution in [0.5, 0.6) is 0 Å². The van der Waals surface area contributed by atoms with Crippen LogP contribution in [0.3, 0.4) is 0 Å². The van der Waals surface area contributed by atoms with Gasteiger partial charge >= 0.3 is 0 Å². The Labute approximate surface area is 110 Å². The second kappa shape index (κ2) is 6.20. The zero-order chi connectivity index (χ0) is 12.1. The summed E-state index contributed by atoms with van der Waals surface area (Å²) in [7, 11) is 0. The number of benzene rings is 1. The lowest BCUT2D eigenvalue weighted by Crippen LogP contribution is -2.40. The zero-order valence-electron chi connectivity index (χ0n) is 9.53. The maximum atomic E-state index is 11.8. The highest BCUT2D eigenvalue weighted by Gasteiger charge is 2.10. The fourth-order valence-electron chi connectivity index (χ4n) is 1.18. The van der Waals surface area contributed by atoms with Gasteiger partial charge in [-0.2, -0.15) is 0 Å². The Kier molecular flexibility index (Phi) is 5.21. The van der Waals surface area contributed by atoms with Crippen LogP contribution in [0, 0.1) is 9.49 Å². The number of carbonyl (C=O) groups excluding carboxylic acids is 1. The van der Waals surface area contributed by atoms with Gasteiger partial charge in [0, 0.05) is 21.7 Å². The Morgan fingerprint density at radius 3 is 2.75 bits per heavy atom. The SMILES string of the molecule is CC(C)C(N)CNC(=O)c1cccc(I)c1. The van der Waals surface area contributed by atoms with Crippen LogP contribution >= 0.6 is 22.6 Å². The summed E-state index contributed by atoms with van der Waals surface area (Å²) in [4.78, 5) is 11.8. The molecule has 0 aromatic heterocycles. The van der Waals surface area contributed by atoms with Crippen LogP contribution in [-0.4, -0.2) is 18.5 Å². The van der Waals surface area contributed by atoms with E-state index >= 15 is 0 Å². The first-order valence-corrected chi connectivity index (χ1v) is 6.38. The first-order chi connectivity index (χ1) is 7.50. The molecule has 4 heteroatoms. The van der Waals surface area contributed by atoms with Gasteiger partial charge in [-0.3, -0.25) is 4.79 Å². The number of nitrogens with two attached hydrogens (primary N) is 1. The van der Waals surface area contributed by atoms with E-state index in [1.54, 1.807) is 6.07 Å². The van der Waals surface area contributed by atoms with Gasteiger partial charge in [-0.25, -0.2) is 0 Å². The van der Waals surface area contributed by atoms with Crippen LogP contribution in [0.2, 0.25) is 0 Å². The first kappa shape index (κ1) is 13.4. The standard InChI is InChI=1S/C12H17IN2O/c1-8(2)11(14)7-15-12(16)9-4-3-5-10(13)6-9/h3-6,8,11H,7,14H2,1-2H3,(H,15,16). The van der Waals surface area contributed by atoms with Crippen molar-refractivity contribution in [2.45, 2.75) is 19.9 Å². The van der Waals surface area contributed by atoms with Crippen LogP contribution in [0.4, 0.5) is 0 Å². The van der Waals surface area contributed by atoms with Crippen molar-refractivity contribution in [3.63, 3.8) is 0 Å². The van der Waals surface area contributed by atoms with Gasteiger partial charge in [0.05, 0.1) is 0 Å². The van der Waals surface area contributed by atoms with E-state index in [9.17, 15) is 4.79 Å². The predicted molar refractivity (Wildman–Crippen MR) is 74.3 cm³/mol. The maximum absolute atomic E-state index is 11.8. The number of amides is 1. The molecular formula is C12H17IN2O. The molecule has 1 rings (SSSR count). The largest absolute Gasteiger partial charge is 0.350 e. The second-order valence-electron chi connectivity index (χ2n) is 4.13. The number of hydrogen-bond donors (Lipinski definition) is 2. The van der Waals surface area contributed by atoms with E-state index in [0.717, 1.165) is 3.57 Å². The molecule has 88 valence electrons. The van der Waals surface area contributed by atoms with Crippen molar-refractivity contribution in [2.24, 2.45) is 11.7 Å². The summed E-state index contributed by atoms with van der Waals surface area (Å²) >= 11 is 2.19. The molecule has 0 aliphatic carbocycles. The number of hydrogen-bond acceptors (Lipinski definition) is 2. The summed E-state index contributed by atoms with van der Waals surface area (Å²) in [6, 6.07) is 7.50. The highest BCUT2D eigenvalue weighted by Crippen LogP contribution is 2.07. The molecule has 3 N–H and O–H groups in total. The predicted octanol–water partition coefficient (Wildman–Crippen LogP) is 2.00. The number of halogens is 1. The molecule has 0 saturated carbocycles. The van der Waals surface area contributed by atoms with Crippen molar-refractivity contribution >= 4 is 28.5 Å².